The smallest absolute Gasteiger partial charge is 0.312 e. The van der Waals surface area contributed by atoms with Gasteiger partial charge < -0.3 is 28.4 Å². The number of esters is 2. The van der Waals surface area contributed by atoms with E-state index in [1.165, 1.54) is 39.9 Å². The highest BCUT2D eigenvalue weighted by Crippen LogP contribution is 2.44. The van der Waals surface area contributed by atoms with Crippen molar-refractivity contribution in [1.82, 2.24) is 0 Å². The first-order valence-corrected chi connectivity index (χ1v) is 20.0. The third-order valence-electron chi connectivity index (χ3n) is 9.85. The van der Waals surface area contributed by atoms with Crippen LogP contribution in [0.15, 0.2) is 0 Å². The van der Waals surface area contributed by atoms with Crippen molar-refractivity contribution < 1.29 is 38.0 Å². The average Bonchev–Trinajstić information content (AvgIpc) is 3.14. The molecule has 288 valence electrons. The molecular formula is C37H68O10S2. The molecule has 2 unspecified atom stereocenters. The molecule has 0 aromatic carbocycles. The predicted molar refractivity (Wildman–Crippen MR) is 201 cm³/mol. The van der Waals surface area contributed by atoms with E-state index in [1.54, 1.807) is 0 Å². The third-order valence-corrected chi connectivity index (χ3v) is 13.0. The van der Waals surface area contributed by atoms with E-state index in [4.69, 9.17) is 38.4 Å². The van der Waals surface area contributed by atoms with Gasteiger partial charge in [-0.25, -0.2) is 0 Å². The van der Waals surface area contributed by atoms with Gasteiger partial charge in [-0.3, -0.25) is 9.59 Å². The lowest BCUT2D eigenvalue weighted by Crippen LogP contribution is -2.39. The topological polar surface area (TPSA) is 124 Å². The number of hydrogen-bond donors (Lipinski definition) is 0. The lowest BCUT2D eigenvalue weighted by molar-refractivity contribution is -0.165. The second kappa shape index (κ2) is 23.6. The highest BCUT2D eigenvalue weighted by atomic mass is 32.2. The minimum Gasteiger partial charge on any atom is -0.469 e. The van der Waals surface area contributed by atoms with E-state index in [2.05, 4.69) is 27.7 Å². The van der Waals surface area contributed by atoms with Crippen LogP contribution < -0.4 is 0 Å². The molecule has 2 aliphatic heterocycles. The molecule has 0 aromatic heterocycles. The van der Waals surface area contributed by atoms with Gasteiger partial charge in [-0.05, 0) is 91.9 Å². The SMILES string of the molecule is C.COC(=O)C1(CSC(C)(C)COC2CCCCO2)CCCCC1.COC(=O)C1(CSC(C)(C)COC2CCCCO2)CCCCC1.O=O. The number of ether oxygens (including phenoxy) is 6. The molecule has 10 nitrogen and oxygen atoms in total. The Hall–Kier alpha value is -0.920. The van der Waals surface area contributed by atoms with Gasteiger partial charge in [0.25, 0.3) is 0 Å². The third kappa shape index (κ3) is 16.1. The lowest BCUT2D eigenvalue weighted by Gasteiger charge is -2.37. The Labute approximate surface area is 305 Å². The molecule has 4 rings (SSSR count). The molecule has 0 spiro atoms. The molecular weight excluding hydrogens is 669 g/mol. The standard InChI is InChI=1S/2C18H32O4S.CH4.O2/c2*1-17(2,13-22-15-9-5-8-12-21-15)23-14-18(16(19)20-3)10-6-4-7-11-18;;1-2/h2*15H,4-14H2,1-3H3;1H4;. The van der Waals surface area contributed by atoms with Gasteiger partial charge in [0.15, 0.2) is 12.6 Å². The zero-order valence-electron chi connectivity index (χ0n) is 30.6. The van der Waals surface area contributed by atoms with Gasteiger partial charge in [-0.15, -0.1) is 0 Å². The van der Waals surface area contributed by atoms with Crippen LogP contribution in [-0.4, -0.2) is 86.2 Å². The van der Waals surface area contributed by atoms with E-state index in [-0.39, 0.29) is 52.3 Å². The molecule has 12 heteroatoms. The summed E-state index contributed by atoms with van der Waals surface area (Å²) >= 11 is 3.67. The summed E-state index contributed by atoms with van der Waals surface area (Å²) in [5.74, 6) is 1.58. The Balaban J connectivity index is 0.000000458. The molecule has 4 fully saturated rings. The van der Waals surface area contributed by atoms with Gasteiger partial charge in [-0.1, -0.05) is 46.0 Å². The van der Waals surface area contributed by atoms with Crippen molar-refractivity contribution in [1.29, 1.82) is 0 Å². The van der Waals surface area contributed by atoms with E-state index in [0.717, 1.165) is 102 Å². The minimum atomic E-state index is -0.295. The Bertz CT molecular complexity index is 835. The van der Waals surface area contributed by atoms with Gasteiger partial charge in [0.05, 0.1) is 38.3 Å². The first kappa shape index (κ1) is 46.1. The maximum Gasteiger partial charge on any atom is 0.312 e. The van der Waals surface area contributed by atoms with Crippen LogP contribution in [0.2, 0.25) is 0 Å². The molecule has 0 bridgehead atoms. The average molecular weight is 737 g/mol. The van der Waals surface area contributed by atoms with Crippen molar-refractivity contribution in [3.05, 3.63) is 9.93 Å². The summed E-state index contributed by atoms with van der Waals surface area (Å²) in [6.45, 7) is 11.7. The highest BCUT2D eigenvalue weighted by Gasteiger charge is 2.43. The van der Waals surface area contributed by atoms with Crippen molar-refractivity contribution in [2.75, 3.05) is 52.2 Å². The highest BCUT2D eigenvalue weighted by molar-refractivity contribution is 8.00. The maximum absolute atomic E-state index is 12.3. The Morgan fingerprint density at radius 2 is 0.959 bits per heavy atom. The fourth-order valence-electron chi connectivity index (χ4n) is 6.73. The quantitative estimate of drug-likeness (QED) is 0.158. The summed E-state index contributed by atoms with van der Waals surface area (Å²) in [5.41, 5.74) is -0.591. The monoisotopic (exact) mass is 736 g/mol. The second-order valence-electron chi connectivity index (χ2n) is 15.0. The Morgan fingerprint density at radius 3 is 1.24 bits per heavy atom. The fraction of sp³-hybridized carbons (Fsp3) is 0.946. The van der Waals surface area contributed by atoms with E-state index in [9.17, 15) is 9.59 Å². The van der Waals surface area contributed by atoms with Crippen LogP contribution >= 0.6 is 23.5 Å². The van der Waals surface area contributed by atoms with Crippen LogP contribution in [-0.2, 0) is 38.0 Å². The van der Waals surface area contributed by atoms with Crippen molar-refractivity contribution in [3.63, 3.8) is 0 Å². The van der Waals surface area contributed by atoms with Crippen molar-refractivity contribution >= 4 is 35.5 Å². The van der Waals surface area contributed by atoms with E-state index in [1.807, 2.05) is 23.5 Å². The molecule has 0 N–H and O–H groups in total. The van der Waals surface area contributed by atoms with Crippen LogP contribution in [0.3, 0.4) is 0 Å². The molecule has 2 saturated heterocycles. The van der Waals surface area contributed by atoms with Crippen LogP contribution in [0.1, 0.15) is 138 Å². The fourth-order valence-corrected chi connectivity index (χ4v) is 9.18. The zero-order chi connectivity index (χ0) is 35.5. The van der Waals surface area contributed by atoms with Gasteiger partial charge >= 0.3 is 11.9 Å². The molecule has 49 heavy (non-hydrogen) atoms. The summed E-state index contributed by atoms with van der Waals surface area (Å²) in [6.07, 6.45) is 17.3. The molecule has 2 heterocycles. The molecule has 0 aromatic rings. The zero-order valence-corrected chi connectivity index (χ0v) is 32.2. The lowest BCUT2D eigenvalue weighted by atomic mass is 9.75. The summed E-state index contributed by atoms with van der Waals surface area (Å²) in [7, 11) is 3.02. The van der Waals surface area contributed by atoms with Gasteiger partial charge in [0.2, 0.25) is 0 Å². The molecule has 4 aliphatic rings. The normalized spacial score (nSPS) is 23.6. The van der Waals surface area contributed by atoms with Crippen molar-refractivity contribution in [2.24, 2.45) is 10.8 Å². The molecule has 2 aliphatic carbocycles. The van der Waals surface area contributed by atoms with Crippen LogP contribution in [0.5, 0.6) is 0 Å². The van der Waals surface area contributed by atoms with Crippen molar-refractivity contribution in [2.45, 2.75) is 160 Å². The largest absolute Gasteiger partial charge is 0.469 e. The van der Waals surface area contributed by atoms with Crippen LogP contribution in [0.25, 0.3) is 0 Å². The van der Waals surface area contributed by atoms with Crippen LogP contribution in [0.4, 0.5) is 0 Å². The van der Waals surface area contributed by atoms with E-state index < -0.39 is 0 Å². The summed E-state index contributed by atoms with van der Waals surface area (Å²) in [5, 5.41) is 0. The van der Waals surface area contributed by atoms with Gasteiger partial charge in [0.1, 0.15) is 0 Å². The van der Waals surface area contributed by atoms with E-state index >= 15 is 0 Å². The molecule has 2 atom stereocenters. The first-order chi connectivity index (χ1) is 22.9. The minimum absolute atomic E-state index is 0. The summed E-state index contributed by atoms with van der Waals surface area (Å²) in [4.78, 5) is 38.6. The molecule has 0 radical (unpaired) electrons. The Morgan fingerprint density at radius 1 is 0.612 bits per heavy atom. The number of methoxy groups -OCH3 is 2. The van der Waals surface area contributed by atoms with Crippen molar-refractivity contribution in [3.8, 4) is 0 Å². The van der Waals surface area contributed by atoms with Crippen LogP contribution in [0, 0.1) is 20.8 Å². The first-order valence-electron chi connectivity index (χ1n) is 18.0. The summed E-state index contributed by atoms with van der Waals surface area (Å²) < 4.78 is 33.3. The molecule has 0 amide bonds. The molecule has 2 saturated carbocycles. The number of hydrogen-bond acceptors (Lipinski definition) is 12. The number of carbonyl (C=O) groups excluding carboxylic acids is 2. The number of thioether (sulfide) groups is 2. The van der Waals surface area contributed by atoms with Gasteiger partial charge in [0, 0.05) is 44.1 Å². The maximum atomic E-state index is 12.3. The summed E-state index contributed by atoms with van der Waals surface area (Å²) in [6, 6.07) is 0. The van der Waals surface area contributed by atoms with Gasteiger partial charge in [-0.2, -0.15) is 23.5 Å². The predicted octanol–water partition coefficient (Wildman–Crippen LogP) is 9.03. The number of rotatable bonds is 14. The Kier molecular flexibility index (Phi) is 22.2. The second-order valence-corrected chi connectivity index (χ2v) is 18.3. The van der Waals surface area contributed by atoms with E-state index in [0.29, 0.717) is 13.2 Å². The number of carbonyl (C=O) groups is 2.